The Hall–Kier alpha value is -2.91. The largest absolute Gasteiger partial charge is 0.449 e. The summed E-state index contributed by atoms with van der Waals surface area (Å²) in [7, 11) is -2.16. The SMILES string of the molecule is CCOC(=O)N1C[C@H](C)N(C(C)=O)c2ccc(-c3ccc(S(=O)(=O)NC)cc3)cc21. The van der Waals surface area contributed by atoms with Crippen LogP contribution in [0.5, 0.6) is 0 Å². The lowest BCUT2D eigenvalue weighted by atomic mass is 10.0. The standard InChI is InChI=1S/C21H25N3O5S/c1-5-29-21(26)23-13-14(2)24(15(3)25)19-11-8-17(12-20(19)23)16-6-9-18(10-7-16)30(27,28)22-4/h6-12,14,22H,5,13H2,1-4H3/t14-/m0/s1. The topological polar surface area (TPSA) is 96.0 Å². The van der Waals surface area contributed by atoms with E-state index in [4.69, 9.17) is 4.74 Å². The third-order valence-corrected chi connectivity index (χ3v) is 6.44. The van der Waals surface area contributed by atoms with Crippen LogP contribution in [-0.4, -0.2) is 46.7 Å². The third-order valence-electron chi connectivity index (χ3n) is 5.01. The number of nitrogens with one attached hydrogen (secondary N) is 1. The van der Waals surface area contributed by atoms with E-state index in [9.17, 15) is 18.0 Å². The summed E-state index contributed by atoms with van der Waals surface area (Å²) in [6.45, 7) is 5.68. The van der Waals surface area contributed by atoms with Crippen LogP contribution in [0.1, 0.15) is 20.8 Å². The maximum atomic E-state index is 12.5. The number of sulfonamides is 1. The van der Waals surface area contributed by atoms with E-state index in [2.05, 4.69) is 4.72 Å². The summed E-state index contributed by atoms with van der Waals surface area (Å²) in [6.07, 6.45) is -0.471. The van der Waals surface area contributed by atoms with Crippen molar-refractivity contribution in [1.82, 2.24) is 4.72 Å². The van der Waals surface area contributed by atoms with Gasteiger partial charge in [0.05, 0.1) is 28.9 Å². The number of nitrogens with zero attached hydrogens (tertiary/aromatic N) is 2. The second kappa shape index (κ2) is 8.45. The van der Waals surface area contributed by atoms with Gasteiger partial charge in [0.25, 0.3) is 0 Å². The van der Waals surface area contributed by atoms with Crippen molar-refractivity contribution in [3.63, 3.8) is 0 Å². The Kier molecular flexibility index (Phi) is 6.14. The zero-order chi connectivity index (χ0) is 22.1. The highest BCUT2D eigenvalue weighted by Crippen LogP contribution is 2.39. The van der Waals surface area contributed by atoms with E-state index in [0.717, 1.165) is 11.1 Å². The number of ether oxygens (including phenoxy) is 1. The van der Waals surface area contributed by atoms with Gasteiger partial charge in [0.15, 0.2) is 0 Å². The highest BCUT2D eigenvalue weighted by atomic mass is 32.2. The molecule has 0 bridgehead atoms. The second-order valence-corrected chi connectivity index (χ2v) is 8.87. The molecular formula is C21H25N3O5S. The van der Waals surface area contributed by atoms with Crippen molar-refractivity contribution in [1.29, 1.82) is 0 Å². The maximum Gasteiger partial charge on any atom is 0.414 e. The summed E-state index contributed by atoms with van der Waals surface area (Å²) in [4.78, 5) is 28.1. The Bertz CT molecular complexity index is 1070. The number of anilines is 2. The van der Waals surface area contributed by atoms with E-state index in [1.165, 1.54) is 31.0 Å². The summed E-state index contributed by atoms with van der Waals surface area (Å²) < 4.78 is 31.4. The zero-order valence-electron chi connectivity index (χ0n) is 17.4. The van der Waals surface area contributed by atoms with Crippen LogP contribution in [0.4, 0.5) is 16.2 Å². The van der Waals surface area contributed by atoms with Gasteiger partial charge < -0.3 is 9.64 Å². The van der Waals surface area contributed by atoms with E-state index >= 15 is 0 Å². The molecule has 3 rings (SSSR count). The zero-order valence-corrected chi connectivity index (χ0v) is 18.2. The lowest BCUT2D eigenvalue weighted by Crippen LogP contribution is -2.51. The van der Waals surface area contributed by atoms with Crippen LogP contribution in [0.2, 0.25) is 0 Å². The van der Waals surface area contributed by atoms with Gasteiger partial charge in [-0.3, -0.25) is 9.69 Å². The highest BCUT2D eigenvalue weighted by molar-refractivity contribution is 7.89. The van der Waals surface area contributed by atoms with Gasteiger partial charge in [0.1, 0.15) is 0 Å². The maximum absolute atomic E-state index is 12.5. The van der Waals surface area contributed by atoms with Crippen LogP contribution in [0.25, 0.3) is 11.1 Å². The van der Waals surface area contributed by atoms with Gasteiger partial charge in [0, 0.05) is 13.5 Å². The monoisotopic (exact) mass is 431 g/mol. The Morgan fingerprint density at radius 1 is 1.10 bits per heavy atom. The minimum Gasteiger partial charge on any atom is -0.449 e. The molecule has 8 nitrogen and oxygen atoms in total. The summed E-state index contributed by atoms with van der Waals surface area (Å²) in [5.74, 6) is -0.110. The average Bonchev–Trinajstić information content (AvgIpc) is 2.72. The molecule has 0 aromatic heterocycles. The van der Waals surface area contributed by atoms with Crippen LogP contribution >= 0.6 is 0 Å². The summed E-state index contributed by atoms with van der Waals surface area (Å²) in [6, 6.07) is 11.7. The normalized spacial score (nSPS) is 16.2. The molecule has 160 valence electrons. The second-order valence-electron chi connectivity index (χ2n) is 6.98. The Balaban J connectivity index is 2.07. The smallest absolute Gasteiger partial charge is 0.414 e. The average molecular weight is 432 g/mol. The van der Waals surface area contributed by atoms with E-state index in [-0.39, 0.29) is 23.5 Å². The molecule has 1 aliphatic heterocycles. The van der Waals surface area contributed by atoms with Crippen molar-refractivity contribution >= 4 is 33.4 Å². The van der Waals surface area contributed by atoms with E-state index < -0.39 is 16.1 Å². The molecule has 0 fully saturated rings. The van der Waals surface area contributed by atoms with Crippen molar-refractivity contribution < 1.29 is 22.7 Å². The van der Waals surface area contributed by atoms with Gasteiger partial charge in [-0.2, -0.15) is 0 Å². The van der Waals surface area contributed by atoms with Gasteiger partial charge in [-0.05, 0) is 56.3 Å². The number of carbonyl (C=O) groups is 2. The van der Waals surface area contributed by atoms with Crippen molar-refractivity contribution in [3.05, 3.63) is 42.5 Å². The van der Waals surface area contributed by atoms with Crippen molar-refractivity contribution in [2.75, 3.05) is 30.0 Å². The quantitative estimate of drug-likeness (QED) is 0.803. The first-order valence-electron chi connectivity index (χ1n) is 9.61. The lowest BCUT2D eigenvalue weighted by Gasteiger charge is -2.40. The van der Waals surface area contributed by atoms with Crippen molar-refractivity contribution in [3.8, 4) is 11.1 Å². The summed E-state index contributed by atoms with van der Waals surface area (Å²) in [5.41, 5.74) is 2.78. The van der Waals surface area contributed by atoms with E-state index in [1.54, 1.807) is 30.0 Å². The Morgan fingerprint density at radius 3 is 2.30 bits per heavy atom. The first-order valence-corrected chi connectivity index (χ1v) is 11.1. The number of carbonyl (C=O) groups excluding carboxylic acids is 2. The first-order chi connectivity index (χ1) is 14.2. The summed E-state index contributed by atoms with van der Waals surface area (Å²) >= 11 is 0. The van der Waals surface area contributed by atoms with Gasteiger partial charge in [0.2, 0.25) is 15.9 Å². The summed E-state index contributed by atoms with van der Waals surface area (Å²) in [5, 5.41) is 0. The number of hydrogen-bond donors (Lipinski definition) is 1. The number of benzene rings is 2. The molecule has 30 heavy (non-hydrogen) atoms. The molecule has 1 aliphatic rings. The molecule has 1 heterocycles. The number of fused-ring (bicyclic) bond motifs is 1. The molecule has 0 unspecified atom stereocenters. The fraction of sp³-hybridized carbons (Fsp3) is 0.333. The minimum atomic E-state index is -3.52. The Labute approximate surface area is 176 Å². The molecule has 1 atom stereocenters. The van der Waals surface area contributed by atoms with Gasteiger partial charge in [-0.15, -0.1) is 0 Å². The van der Waals surface area contributed by atoms with Gasteiger partial charge in [-0.1, -0.05) is 18.2 Å². The fourth-order valence-electron chi connectivity index (χ4n) is 3.60. The molecule has 9 heteroatoms. The predicted octanol–water partition coefficient (Wildman–Crippen LogP) is 2.98. The third kappa shape index (κ3) is 4.03. The van der Waals surface area contributed by atoms with Crippen LogP contribution in [-0.2, 0) is 19.6 Å². The van der Waals surface area contributed by atoms with Crippen LogP contribution in [0.3, 0.4) is 0 Å². The number of amides is 2. The van der Waals surface area contributed by atoms with Crippen molar-refractivity contribution in [2.45, 2.75) is 31.7 Å². The fourth-order valence-corrected chi connectivity index (χ4v) is 4.33. The molecule has 2 aromatic carbocycles. The van der Waals surface area contributed by atoms with Crippen LogP contribution in [0.15, 0.2) is 47.4 Å². The molecule has 0 aliphatic carbocycles. The first kappa shape index (κ1) is 21.8. The molecule has 0 saturated carbocycles. The molecule has 0 radical (unpaired) electrons. The van der Waals surface area contributed by atoms with Crippen molar-refractivity contribution in [2.24, 2.45) is 0 Å². The molecule has 0 spiro atoms. The number of hydrogen-bond acceptors (Lipinski definition) is 5. The van der Waals surface area contributed by atoms with Crippen LogP contribution in [0, 0.1) is 0 Å². The van der Waals surface area contributed by atoms with Gasteiger partial charge in [-0.25, -0.2) is 17.9 Å². The molecule has 2 amide bonds. The van der Waals surface area contributed by atoms with Gasteiger partial charge >= 0.3 is 6.09 Å². The van der Waals surface area contributed by atoms with Crippen LogP contribution < -0.4 is 14.5 Å². The lowest BCUT2D eigenvalue weighted by molar-refractivity contribution is -0.117. The minimum absolute atomic E-state index is 0.110. The highest BCUT2D eigenvalue weighted by Gasteiger charge is 2.34. The molecule has 0 saturated heterocycles. The Morgan fingerprint density at radius 2 is 1.73 bits per heavy atom. The van der Waals surface area contributed by atoms with E-state index in [1.807, 2.05) is 19.1 Å². The predicted molar refractivity (Wildman–Crippen MR) is 115 cm³/mol. The number of rotatable bonds is 4. The molecule has 1 N–H and O–H groups in total. The van der Waals surface area contributed by atoms with E-state index in [0.29, 0.717) is 17.9 Å². The molecular weight excluding hydrogens is 406 g/mol. The molecule has 2 aromatic rings.